The minimum absolute atomic E-state index is 0.136. The number of carbonyl (C=O) groups excluding carboxylic acids is 1. The van der Waals surface area contributed by atoms with E-state index < -0.39 is 0 Å². The van der Waals surface area contributed by atoms with Gasteiger partial charge in [-0.1, -0.05) is 35.3 Å². The first-order valence-electron chi connectivity index (χ1n) is 7.24. The van der Waals surface area contributed by atoms with Gasteiger partial charge in [-0.25, -0.2) is 4.39 Å². The van der Waals surface area contributed by atoms with Crippen molar-refractivity contribution in [3.05, 3.63) is 63.9 Å². The molecule has 0 fully saturated rings. The number of amides is 1. The third-order valence-electron chi connectivity index (χ3n) is 3.24. The number of hydrogen-bond donors (Lipinski definition) is 2. The van der Waals surface area contributed by atoms with E-state index in [1.54, 1.807) is 30.3 Å². The zero-order chi connectivity index (χ0) is 16.7. The summed E-state index contributed by atoms with van der Waals surface area (Å²) >= 11 is 11.9. The number of halogens is 3. The van der Waals surface area contributed by atoms with E-state index in [0.717, 1.165) is 18.5 Å². The highest BCUT2D eigenvalue weighted by molar-refractivity contribution is 6.35. The van der Waals surface area contributed by atoms with Crippen LogP contribution in [0.15, 0.2) is 42.5 Å². The molecule has 0 aliphatic heterocycles. The highest BCUT2D eigenvalue weighted by Crippen LogP contribution is 2.25. The first-order valence-corrected chi connectivity index (χ1v) is 8.00. The van der Waals surface area contributed by atoms with Gasteiger partial charge in [-0.15, -0.1) is 0 Å². The molecule has 6 heteroatoms. The van der Waals surface area contributed by atoms with Crippen LogP contribution in [0.2, 0.25) is 10.0 Å². The lowest BCUT2D eigenvalue weighted by atomic mass is 10.1. The number of carbonyl (C=O) groups is 1. The SMILES string of the molecule is O=C(CCNCCc1ccc(F)cc1)Nc1cc(Cl)ccc1Cl. The fourth-order valence-corrected chi connectivity index (χ4v) is 2.35. The molecule has 2 aromatic rings. The monoisotopic (exact) mass is 354 g/mol. The van der Waals surface area contributed by atoms with Crippen molar-refractivity contribution in [1.29, 1.82) is 0 Å². The van der Waals surface area contributed by atoms with E-state index in [1.165, 1.54) is 12.1 Å². The summed E-state index contributed by atoms with van der Waals surface area (Å²) in [6, 6.07) is 11.3. The van der Waals surface area contributed by atoms with E-state index >= 15 is 0 Å². The molecule has 0 saturated carbocycles. The quantitative estimate of drug-likeness (QED) is 0.728. The van der Waals surface area contributed by atoms with Crippen LogP contribution in [-0.2, 0) is 11.2 Å². The third-order valence-corrected chi connectivity index (χ3v) is 3.80. The molecular formula is C17H17Cl2FN2O. The fourth-order valence-electron chi connectivity index (χ4n) is 2.02. The molecule has 0 unspecified atom stereocenters. The summed E-state index contributed by atoms with van der Waals surface area (Å²) < 4.78 is 12.8. The van der Waals surface area contributed by atoms with Gasteiger partial charge in [0.1, 0.15) is 5.82 Å². The van der Waals surface area contributed by atoms with Crippen LogP contribution in [0.4, 0.5) is 10.1 Å². The molecule has 0 atom stereocenters. The van der Waals surface area contributed by atoms with Gasteiger partial charge in [-0.2, -0.15) is 0 Å². The number of benzene rings is 2. The molecule has 2 rings (SSSR count). The zero-order valence-electron chi connectivity index (χ0n) is 12.4. The van der Waals surface area contributed by atoms with Crippen molar-refractivity contribution in [3.8, 4) is 0 Å². The maximum atomic E-state index is 12.8. The average Bonchev–Trinajstić information content (AvgIpc) is 2.52. The summed E-state index contributed by atoms with van der Waals surface area (Å²) in [5.41, 5.74) is 1.56. The largest absolute Gasteiger partial charge is 0.325 e. The van der Waals surface area contributed by atoms with Gasteiger partial charge in [0, 0.05) is 18.0 Å². The summed E-state index contributed by atoms with van der Waals surface area (Å²) in [7, 11) is 0. The molecule has 1 amide bonds. The van der Waals surface area contributed by atoms with Gasteiger partial charge >= 0.3 is 0 Å². The van der Waals surface area contributed by atoms with Crippen molar-refractivity contribution >= 4 is 34.8 Å². The summed E-state index contributed by atoms with van der Waals surface area (Å²) in [6.45, 7) is 1.27. The molecular weight excluding hydrogens is 338 g/mol. The molecule has 0 aromatic heterocycles. The van der Waals surface area contributed by atoms with Crippen molar-refractivity contribution in [3.63, 3.8) is 0 Å². The number of rotatable bonds is 7. The Morgan fingerprint density at radius 2 is 1.78 bits per heavy atom. The maximum absolute atomic E-state index is 12.8. The molecule has 0 saturated heterocycles. The fraction of sp³-hybridized carbons (Fsp3) is 0.235. The van der Waals surface area contributed by atoms with Crippen molar-refractivity contribution < 1.29 is 9.18 Å². The van der Waals surface area contributed by atoms with Crippen LogP contribution >= 0.6 is 23.2 Å². The van der Waals surface area contributed by atoms with E-state index in [9.17, 15) is 9.18 Å². The highest BCUT2D eigenvalue weighted by Gasteiger charge is 2.06. The van der Waals surface area contributed by atoms with Gasteiger partial charge in [-0.05, 0) is 48.9 Å². The topological polar surface area (TPSA) is 41.1 Å². The lowest BCUT2D eigenvalue weighted by Crippen LogP contribution is -2.23. The van der Waals surface area contributed by atoms with Crippen molar-refractivity contribution in [1.82, 2.24) is 5.32 Å². The second-order valence-corrected chi connectivity index (χ2v) is 5.89. The number of nitrogens with one attached hydrogen (secondary N) is 2. The van der Waals surface area contributed by atoms with Gasteiger partial charge in [-0.3, -0.25) is 4.79 Å². The average molecular weight is 355 g/mol. The predicted octanol–water partition coefficient (Wildman–Crippen LogP) is 4.29. The van der Waals surface area contributed by atoms with Crippen LogP contribution in [0, 0.1) is 5.82 Å². The number of anilines is 1. The van der Waals surface area contributed by atoms with E-state index in [4.69, 9.17) is 23.2 Å². The molecule has 2 N–H and O–H groups in total. The molecule has 0 aliphatic rings. The van der Waals surface area contributed by atoms with Gasteiger partial charge in [0.25, 0.3) is 0 Å². The van der Waals surface area contributed by atoms with Gasteiger partial charge < -0.3 is 10.6 Å². The predicted molar refractivity (Wildman–Crippen MR) is 92.7 cm³/mol. The molecule has 3 nitrogen and oxygen atoms in total. The Bertz CT molecular complexity index is 662. The second kappa shape index (κ2) is 8.87. The standard InChI is InChI=1S/C17H17Cl2FN2O/c18-13-3-6-15(19)16(11-13)22-17(23)8-10-21-9-7-12-1-4-14(20)5-2-12/h1-6,11,21H,7-10H2,(H,22,23). The highest BCUT2D eigenvalue weighted by atomic mass is 35.5. The van der Waals surface area contributed by atoms with Crippen molar-refractivity contribution in [2.75, 3.05) is 18.4 Å². The summed E-state index contributed by atoms with van der Waals surface area (Å²) in [5, 5.41) is 6.87. The Labute approximate surface area is 144 Å². The molecule has 0 spiro atoms. The number of hydrogen-bond acceptors (Lipinski definition) is 2. The van der Waals surface area contributed by atoms with Crippen LogP contribution in [-0.4, -0.2) is 19.0 Å². The van der Waals surface area contributed by atoms with Gasteiger partial charge in [0.05, 0.1) is 10.7 Å². The smallest absolute Gasteiger partial charge is 0.225 e. The zero-order valence-corrected chi connectivity index (χ0v) is 13.9. The molecule has 0 aliphatic carbocycles. The van der Waals surface area contributed by atoms with Crippen LogP contribution in [0.1, 0.15) is 12.0 Å². The van der Waals surface area contributed by atoms with E-state index in [1.807, 2.05) is 0 Å². The van der Waals surface area contributed by atoms with Crippen molar-refractivity contribution in [2.24, 2.45) is 0 Å². The minimum Gasteiger partial charge on any atom is -0.325 e. The lowest BCUT2D eigenvalue weighted by Gasteiger charge is -2.08. The van der Waals surface area contributed by atoms with Crippen molar-refractivity contribution in [2.45, 2.75) is 12.8 Å². The van der Waals surface area contributed by atoms with Gasteiger partial charge in [0.15, 0.2) is 0 Å². The van der Waals surface area contributed by atoms with Crippen LogP contribution in [0.25, 0.3) is 0 Å². The molecule has 122 valence electrons. The first kappa shape index (κ1) is 17.7. The lowest BCUT2D eigenvalue weighted by molar-refractivity contribution is -0.116. The molecule has 0 radical (unpaired) electrons. The first-order chi connectivity index (χ1) is 11.0. The Kier molecular flexibility index (Phi) is 6.84. The molecule has 0 heterocycles. The normalized spacial score (nSPS) is 10.6. The van der Waals surface area contributed by atoms with Crippen LogP contribution in [0.5, 0.6) is 0 Å². The summed E-state index contributed by atoms with van der Waals surface area (Å²) in [4.78, 5) is 11.9. The Morgan fingerprint density at radius 3 is 2.52 bits per heavy atom. The van der Waals surface area contributed by atoms with E-state index in [0.29, 0.717) is 28.7 Å². The molecule has 2 aromatic carbocycles. The van der Waals surface area contributed by atoms with E-state index in [2.05, 4.69) is 10.6 Å². The molecule has 0 bridgehead atoms. The van der Waals surface area contributed by atoms with E-state index in [-0.39, 0.29) is 11.7 Å². The Hall–Kier alpha value is -1.62. The van der Waals surface area contributed by atoms with Gasteiger partial charge in [0.2, 0.25) is 5.91 Å². The second-order valence-electron chi connectivity index (χ2n) is 5.05. The summed E-state index contributed by atoms with van der Waals surface area (Å²) in [5.74, 6) is -0.374. The molecule has 23 heavy (non-hydrogen) atoms. The van der Waals surface area contributed by atoms with Crippen LogP contribution in [0.3, 0.4) is 0 Å². The Balaban J connectivity index is 1.67. The minimum atomic E-state index is -0.238. The summed E-state index contributed by atoms with van der Waals surface area (Å²) in [6.07, 6.45) is 1.11. The van der Waals surface area contributed by atoms with Crippen LogP contribution < -0.4 is 10.6 Å². The Morgan fingerprint density at radius 1 is 1.04 bits per heavy atom. The third kappa shape index (κ3) is 6.18. The maximum Gasteiger partial charge on any atom is 0.225 e.